The van der Waals surface area contributed by atoms with Gasteiger partial charge in [0.05, 0.1) is 0 Å². The molecule has 4 aliphatic carbocycles. The lowest BCUT2D eigenvalue weighted by Gasteiger charge is -2.62. The van der Waals surface area contributed by atoms with Crippen LogP contribution in [0.25, 0.3) is 0 Å². The van der Waals surface area contributed by atoms with Crippen LogP contribution in [-0.2, 0) is 4.79 Å². The van der Waals surface area contributed by atoms with Gasteiger partial charge in [-0.3, -0.25) is 4.79 Å². The number of nitrogens with two attached hydrogens (primary N) is 1. The smallest absolute Gasteiger partial charge is 0.140 e. The van der Waals surface area contributed by atoms with Crippen LogP contribution in [0.4, 0.5) is 0 Å². The molecule has 0 spiro atoms. The van der Waals surface area contributed by atoms with Crippen molar-refractivity contribution in [3.05, 3.63) is 0 Å². The Morgan fingerprint density at radius 2 is 1.76 bits per heavy atom. The van der Waals surface area contributed by atoms with Crippen LogP contribution in [0.1, 0.15) is 78.1 Å². The summed E-state index contributed by atoms with van der Waals surface area (Å²) in [5, 5.41) is 0. The van der Waals surface area contributed by atoms with Crippen LogP contribution in [-0.4, -0.2) is 11.3 Å². The Balaban J connectivity index is 1.72. The molecule has 4 fully saturated rings. The van der Waals surface area contributed by atoms with Crippen molar-refractivity contribution in [1.82, 2.24) is 0 Å². The summed E-state index contributed by atoms with van der Waals surface area (Å²) in [6.45, 7) is 4.75. The molecule has 0 aromatic heterocycles. The third kappa shape index (κ3) is 1.61. The first-order chi connectivity index (χ1) is 9.92. The fraction of sp³-hybridized carbons (Fsp3) is 0.947. The van der Waals surface area contributed by atoms with E-state index in [1.54, 1.807) is 0 Å². The quantitative estimate of drug-likeness (QED) is 0.730. The van der Waals surface area contributed by atoms with Crippen molar-refractivity contribution < 1.29 is 4.79 Å². The second-order valence-corrected chi connectivity index (χ2v) is 9.07. The molecule has 0 heterocycles. The van der Waals surface area contributed by atoms with E-state index in [1.807, 2.05) is 0 Å². The Morgan fingerprint density at radius 3 is 2.57 bits per heavy atom. The van der Waals surface area contributed by atoms with Gasteiger partial charge in [0.25, 0.3) is 0 Å². The van der Waals surface area contributed by atoms with Crippen LogP contribution >= 0.6 is 0 Å². The van der Waals surface area contributed by atoms with Gasteiger partial charge in [0.2, 0.25) is 0 Å². The van der Waals surface area contributed by atoms with Crippen molar-refractivity contribution in [2.24, 2.45) is 34.3 Å². The molecule has 4 saturated carbocycles. The third-order valence-electron chi connectivity index (χ3n) is 8.64. The number of rotatable bonds is 0. The zero-order valence-electron chi connectivity index (χ0n) is 13.8. The van der Waals surface area contributed by atoms with Gasteiger partial charge in [0, 0.05) is 17.4 Å². The van der Waals surface area contributed by atoms with Gasteiger partial charge in [-0.1, -0.05) is 26.7 Å². The standard InChI is InChI=1S/C19H31NO/c1-17-10-4-3-5-13(17)6-7-15-14(17)8-11-18(2)16(21)9-12-19(15,18)20/h13-15H,3-12,20H2,1-2H3/t13-,14+,15-,17+,18-,19-/m1/s1. The first kappa shape index (κ1) is 14.2. The molecular formula is C19H31NO. The van der Waals surface area contributed by atoms with Crippen LogP contribution < -0.4 is 5.73 Å². The zero-order chi connectivity index (χ0) is 14.9. The minimum absolute atomic E-state index is 0.196. The first-order valence-corrected chi connectivity index (χ1v) is 9.24. The zero-order valence-corrected chi connectivity index (χ0v) is 13.8. The molecule has 4 rings (SSSR count). The maximum absolute atomic E-state index is 12.5. The van der Waals surface area contributed by atoms with E-state index in [0.717, 1.165) is 31.1 Å². The Hall–Kier alpha value is -0.370. The molecule has 0 amide bonds. The Morgan fingerprint density at radius 1 is 0.952 bits per heavy atom. The van der Waals surface area contributed by atoms with Crippen molar-refractivity contribution in [2.75, 3.05) is 0 Å². The van der Waals surface area contributed by atoms with E-state index in [9.17, 15) is 4.79 Å². The molecule has 118 valence electrons. The Kier molecular flexibility index (Phi) is 2.94. The highest BCUT2D eigenvalue weighted by Gasteiger charge is 2.65. The van der Waals surface area contributed by atoms with Gasteiger partial charge in [-0.15, -0.1) is 0 Å². The highest BCUT2D eigenvalue weighted by Crippen LogP contribution is 2.66. The van der Waals surface area contributed by atoms with Gasteiger partial charge >= 0.3 is 0 Å². The fourth-order valence-corrected chi connectivity index (χ4v) is 7.12. The minimum Gasteiger partial charge on any atom is -0.324 e. The molecule has 0 saturated heterocycles. The lowest BCUT2D eigenvalue weighted by atomic mass is 9.43. The van der Waals surface area contributed by atoms with Gasteiger partial charge in [-0.2, -0.15) is 0 Å². The molecule has 2 heteroatoms. The largest absolute Gasteiger partial charge is 0.324 e. The second kappa shape index (κ2) is 4.34. The number of fused-ring (bicyclic) bond motifs is 5. The van der Waals surface area contributed by atoms with Crippen molar-refractivity contribution in [3.63, 3.8) is 0 Å². The number of ketones is 1. The number of carbonyl (C=O) groups excluding carboxylic acids is 1. The summed E-state index contributed by atoms with van der Waals surface area (Å²) in [5.41, 5.74) is 7.11. The van der Waals surface area contributed by atoms with Crippen LogP contribution in [0, 0.1) is 28.6 Å². The van der Waals surface area contributed by atoms with Gasteiger partial charge in [-0.25, -0.2) is 0 Å². The first-order valence-electron chi connectivity index (χ1n) is 9.24. The van der Waals surface area contributed by atoms with Gasteiger partial charge < -0.3 is 5.73 Å². The molecule has 0 bridgehead atoms. The number of Topliss-reactive ketones (excluding diaryl/α,β-unsaturated/α-hetero) is 1. The average molecular weight is 289 g/mol. The highest BCUT2D eigenvalue weighted by molar-refractivity contribution is 5.89. The summed E-state index contributed by atoms with van der Waals surface area (Å²) in [4.78, 5) is 12.5. The van der Waals surface area contributed by atoms with E-state index in [1.165, 1.54) is 44.9 Å². The number of hydrogen-bond acceptors (Lipinski definition) is 2. The summed E-state index contributed by atoms with van der Waals surface area (Å²) >= 11 is 0. The van der Waals surface area contributed by atoms with E-state index in [2.05, 4.69) is 13.8 Å². The molecule has 2 N–H and O–H groups in total. The van der Waals surface area contributed by atoms with Gasteiger partial charge in [-0.05, 0) is 68.1 Å². The lowest BCUT2D eigenvalue weighted by molar-refractivity contribution is -0.142. The SMILES string of the molecule is C[C@]12CCCC[C@@H]1CC[C@@H]1[C@@H]2CC[C@]2(C)C(=O)CC[C@@]12N. The fourth-order valence-electron chi connectivity index (χ4n) is 7.12. The molecule has 6 atom stereocenters. The molecular weight excluding hydrogens is 258 g/mol. The van der Waals surface area contributed by atoms with E-state index in [-0.39, 0.29) is 11.0 Å². The van der Waals surface area contributed by atoms with E-state index < -0.39 is 0 Å². The monoisotopic (exact) mass is 289 g/mol. The van der Waals surface area contributed by atoms with Crippen molar-refractivity contribution in [1.29, 1.82) is 0 Å². The molecule has 2 nitrogen and oxygen atoms in total. The van der Waals surface area contributed by atoms with Crippen LogP contribution in [0.5, 0.6) is 0 Å². The molecule has 0 radical (unpaired) electrons. The molecule has 0 aliphatic heterocycles. The van der Waals surface area contributed by atoms with Crippen molar-refractivity contribution in [3.8, 4) is 0 Å². The molecule has 0 aromatic rings. The maximum Gasteiger partial charge on any atom is 0.140 e. The topological polar surface area (TPSA) is 43.1 Å². The predicted octanol–water partition coefficient (Wildman–Crippen LogP) is 4.07. The maximum atomic E-state index is 12.5. The molecule has 4 aliphatic rings. The second-order valence-electron chi connectivity index (χ2n) is 9.07. The van der Waals surface area contributed by atoms with Crippen LogP contribution in [0.15, 0.2) is 0 Å². The molecule has 21 heavy (non-hydrogen) atoms. The van der Waals surface area contributed by atoms with E-state index in [0.29, 0.717) is 17.1 Å². The van der Waals surface area contributed by atoms with Gasteiger partial charge in [0.15, 0.2) is 0 Å². The molecule has 0 unspecified atom stereocenters. The normalized spacial score (nSPS) is 56.5. The van der Waals surface area contributed by atoms with E-state index in [4.69, 9.17) is 5.73 Å². The summed E-state index contributed by atoms with van der Waals surface area (Å²) < 4.78 is 0. The van der Waals surface area contributed by atoms with Crippen LogP contribution in [0.2, 0.25) is 0 Å². The van der Waals surface area contributed by atoms with Gasteiger partial charge in [0.1, 0.15) is 5.78 Å². The summed E-state index contributed by atoms with van der Waals surface area (Å²) in [7, 11) is 0. The van der Waals surface area contributed by atoms with Crippen molar-refractivity contribution in [2.45, 2.75) is 83.6 Å². The number of carbonyl (C=O) groups is 1. The molecule has 0 aromatic carbocycles. The third-order valence-corrected chi connectivity index (χ3v) is 8.64. The summed E-state index contributed by atoms with van der Waals surface area (Å²) in [5.74, 6) is 2.76. The average Bonchev–Trinajstić information content (AvgIpc) is 2.71. The predicted molar refractivity (Wildman–Crippen MR) is 84.8 cm³/mol. The highest BCUT2D eigenvalue weighted by atomic mass is 16.1. The lowest BCUT2D eigenvalue weighted by Crippen LogP contribution is -2.66. The Bertz CT molecular complexity index is 474. The minimum atomic E-state index is -0.216. The summed E-state index contributed by atoms with van der Waals surface area (Å²) in [6, 6.07) is 0. The van der Waals surface area contributed by atoms with Crippen molar-refractivity contribution >= 4 is 5.78 Å². The Labute approximate surface area is 129 Å². The summed E-state index contributed by atoms with van der Waals surface area (Å²) in [6.07, 6.45) is 12.3. The van der Waals surface area contributed by atoms with E-state index >= 15 is 0 Å². The van der Waals surface area contributed by atoms with Crippen LogP contribution in [0.3, 0.4) is 0 Å². The number of hydrogen-bond donors (Lipinski definition) is 1.